The molecule has 1 fully saturated rings. The Morgan fingerprint density at radius 3 is 2.76 bits per heavy atom. The molecule has 120 valence electrons. The van der Waals surface area contributed by atoms with Crippen molar-refractivity contribution >= 4 is 10.0 Å². The van der Waals surface area contributed by atoms with E-state index in [-0.39, 0.29) is 17.8 Å². The van der Waals surface area contributed by atoms with Crippen LogP contribution in [0.4, 0.5) is 0 Å². The molecule has 3 atom stereocenters. The lowest BCUT2D eigenvalue weighted by atomic mass is 10.2. The van der Waals surface area contributed by atoms with Crippen molar-refractivity contribution in [2.24, 2.45) is 5.92 Å². The molecule has 8 heteroatoms. The molecule has 0 radical (unpaired) electrons. The number of methoxy groups -OCH3 is 1. The van der Waals surface area contributed by atoms with Crippen LogP contribution in [0.25, 0.3) is 0 Å². The number of rotatable bonds is 6. The molecular formula is C13H23N3O4S. The van der Waals surface area contributed by atoms with Gasteiger partial charge in [-0.05, 0) is 12.8 Å². The lowest BCUT2D eigenvalue weighted by Gasteiger charge is -2.22. The van der Waals surface area contributed by atoms with E-state index in [4.69, 9.17) is 9.26 Å². The van der Waals surface area contributed by atoms with E-state index >= 15 is 0 Å². The average Bonchev–Trinajstić information content (AvgIpc) is 3.04. The topological polar surface area (TPSA) is 85.5 Å². The number of aryl methyl sites for hydroxylation is 1. The molecule has 2 heterocycles. The fraction of sp³-hybridized carbons (Fsp3) is 0.846. The molecule has 0 spiro atoms. The van der Waals surface area contributed by atoms with Gasteiger partial charge in [0.2, 0.25) is 15.9 Å². The predicted molar refractivity (Wildman–Crippen MR) is 77.1 cm³/mol. The second kappa shape index (κ2) is 6.41. The number of hydrogen-bond acceptors (Lipinski definition) is 6. The number of ether oxygens (including phenoxy) is 1. The number of sulfonamides is 1. The van der Waals surface area contributed by atoms with E-state index in [2.05, 4.69) is 10.1 Å². The Morgan fingerprint density at radius 1 is 1.52 bits per heavy atom. The van der Waals surface area contributed by atoms with Crippen molar-refractivity contribution < 1.29 is 17.7 Å². The van der Waals surface area contributed by atoms with Crippen molar-refractivity contribution in [1.82, 2.24) is 14.4 Å². The van der Waals surface area contributed by atoms with Crippen LogP contribution in [0.1, 0.15) is 44.4 Å². The fourth-order valence-electron chi connectivity index (χ4n) is 2.49. The van der Waals surface area contributed by atoms with Crippen molar-refractivity contribution in [1.29, 1.82) is 0 Å². The smallest absolute Gasteiger partial charge is 0.245 e. The number of aromatic nitrogens is 2. The van der Waals surface area contributed by atoms with Gasteiger partial charge >= 0.3 is 0 Å². The standard InChI is InChI=1S/C13H23N3O4S/c1-5-9(2)8-21(17,18)16-7-11(19-4)6-12(16)13-14-10(3)15-20-13/h9,11-12H,5-8H2,1-4H3/t9-,11+,12-/m1/s1. The first-order valence-electron chi connectivity index (χ1n) is 7.19. The number of nitrogens with zero attached hydrogens (tertiary/aromatic N) is 3. The maximum absolute atomic E-state index is 12.6. The zero-order valence-corrected chi connectivity index (χ0v) is 13.8. The first-order chi connectivity index (χ1) is 9.87. The van der Waals surface area contributed by atoms with Gasteiger partial charge in [0.1, 0.15) is 6.04 Å². The molecular weight excluding hydrogens is 294 g/mol. The van der Waals surface area contributed by atoms with Crippen LogP contribution in [0.3, 0.4) is 0 Å². The van der Waals surface area contributed by atoms with Gasteiger partial charge in [-0.3, -0.25) is 0 Å². The summed E-state index contributed by atoms with van der Waals surface area (Å²) in [6.07, 6.45) is 1.22. The van der Waals surface area contributed by atoms with Crippen LogP contribution in [-0.2, 0) is 14.8 Å². The molecule has 0 amide bonds. The van der Waals surface area contributed by atoms with Crippen molar-refractivity contribution in [3.8, 4) is 0 Å². The van der Waals surface area contributed by atoms with Gasteiger partial charge < -0.3 is 9.26 Å². The van der Waals surface area contributed by atoms with Crippen LogP contribution in [0.2, 0.25) is 0 Å². The summed E-state index contributed by atoms with van der Waals surface area (Å²) < 4.78 is 37.2. The van der Waals surface area contributed by atoms with E-state index < -0.39 is 16.1 Å². The van der Waals surface area contributed by atoms with E-state index in [0.717, 1.165) is 6.42 Å². The SMILES string of the molecule is CC[C@@H](C)CS(=O)(=O)N1C[C@@H](OC)C[C@@H]1c1nc(C)no1. The number of hydrogen-bond donors (Lipinski definition) is 0. The second-order valence-corrected chi connectivity index (χ2v) is 7.62. The molecule has 0 bridgehead atoms. The summed E-state index contributed by atoms with van der Waals surface area (Å²) in [5.74, 6) is 1.09. The molecule has 2 rings (SSSR count). The Bertz CT molecular complexity index is 572. The lowest BCUT2D eigenvalue weighted by molar-refractivity contribution is 0.114. The zero-order chi connectivity index (χ0) is 15.6. The summed E-state index contributed by atoms with van der Waals surface area (Å²) in [5.41, 5.74) is 0. The molecule has 21 heavy (non-hydrogen) atoms. The quantitative estimate of drug-likeness (QED) is 0.790. The Balaban J connectivity index is 2.26. The van der Waals surface area contributed by atoms with E-state index in [0.29, 0.717) is 24.7 Å². The highest BCUT2D eigenvalue weighted by atomic mass is 32.2. The second-order valence-electron chi connectivity index (χ2n) is 5.65. The van der Waals surface area contributed by atoms with Gasteiger partial charge in [-0.2, -0.15) is 9.29 Å². The van der Waals surface area contributed by atoms with Gasteiger partial charge in [0.05, 0.1) is 11.9 Å². The molecule has 1 aliphatic rings. The summed E-state index contributed by atoms with van der Waals surface area (Å²) in [7, 11) is -1.79. The highest BCUT2D eigenvalue weighted by Gasteiger charge is 2.43. The average molecular weight is 317 g/mol. The first kappa shape index (κ1) is 16.4. The minimum Gasteiger partial charge on any atom is -0.380 e. The van der Waals surface area contributed by atoms with Crippen molar-refractivity contribution in [3.63, 3.8) is 0 Å². The highest BCUT2D eigenvalue weighted by Crippen LogP contribution is 2.35. The minimum atomic E-state index is -3.38. The molecule has 1 aromatic heterocycles. The third kappa shape index (κ3) is 3.61. The van der Waals surface area contributed by atoms with E-state index in [1.807, 2.05) is 13.8 Å². The highest BCUT2D eigenvalue weighted by molar-refractivity contribution is 7.89. The maximum Gasteiger partial charge on any atom is 0.245 e. The van der Waals surface area contributed by atoms with E-state index in [1.165, 1.54) is 4.31 Å². The van der Waals surface area contributed by atoms with Crippen LogP contribution < -0.4 is 0 Å². The molecule has 0 N–H and O–H groups in total. The molecule has 0 aliphatic carbocycles. The molecule has 0 aromatic carbocycles. The van der Waals surface area contributed by atoms with Crippen LogP contribution in [-0.4, -0.2) is 48.4 Å². The van der Waals surface area contributed by atoms with Gasteiger partial charge in [0.25, 0.3) is 0 Å². The van der Waals surface area contributed by atoms with Crippen LogP contribution >= 0.6 is 0 Å². The first-order valence-corrected chi connectivity index (χ1v) is 8.80. The van der Waals surface area contributed by atoms with Gasteiger partial charge in [0, 0.05) is 20.1 Å². The third-order valence-electron chi connectivity index (χ3n) is 3.93. The summed E-state index contributed by atoms with van der Waals surface area (Å²) in [4.78, 5) is 4.19. The maximum atomic E-state index is 12.6. The van der Waals surface area contributed by atoms with E-state index in [9.17, 15) is 8.42 Å². The molecule has 1 aliphatic heterocycles. The summed E-state index contributed by atoms with van der Waals surface area (Å²) >= 11 is 0. The Kier molecular flexibility index (Phi) is 5.00. The van der Waals surface area contributed by atoms with Gasteiger partial charge in [-0.25, -0.2) is 8.42 Å². The van der Waals surface area contributed by atoms with Gasteiger partial charge in [-0.15, -0.1) is 0 Å². The third-order valence-corrected chi connectivity index (χ3v) is 6.04. The summed E-state index contributed by atoms with van der Waals surface area (Å²) in [6.45, 7) is 5.98. The lowest BCUT2D eigenvalue weighted by Crippen LogP contribution is -2.35. The van der Waals surface area contributed by atoms with Gasteiger partial charge in [0.15, 0.2) is 5.82 Å². The van der Waals surface area contributed by atoms with Crippen molar-refractivity contribution in [3.05, 3.63) is 11.7 Å². The van der Waals surface area contributed by atoms with Crippen LogP contribution in [0.15, 0.2) is 4.52 Å². The zero-order valence-electron chi connectivity index (χ0n) is 12.9. The molecule has 1 aromatic rings. The molecule has 7 nitrogen and oxygen atoms in total. The van der Waals surface area contributed by atoms with Crippen molar-refractivity contribution in [2.45, 2.75) is 45.8 Å². The Labute approximate surface area is 125 Å². The Hall–Kier alpha value is -0.990. The monoisotopic (exact) mass is 317 g/mol. The molecule has 1 saturated heterocycles. The van der Waals surface area contributed by atoms with E-state index in [1.54, 1.807) is 14.0 Å². The summed E-state index contributed by atoms with van der Waals surface area (Å²) in [5, 5.41) is 3.76. The Morgan fingerprint density at radius 2 is 2.24 bits per heavy atom. The minimum absolute atomic E-state index is 0.113. The predicted octanol–water partition coefficient (Wildman–Crippen LogP) is 1.52. The largest absolute Gasteiger partial charge is 0.380 e. The fourth-order valence-corrected chi connectivity index (χ4v) is 4.60. The normalized spacial score (nSPS) is 25.3. The molecule has 0 unspecified atom stereocenters. The van der Waals surface area contributed by atoms with Crippen molar-refractivity contribution in [2.75, 3.05) is 19.4 Å². The summed E-state index contributed by atoms with van der Waals surface area (Å²) in [6, 6.07) is -0.426. The van der Waals surface area contributed by atoms with Crippen LogP contribution in [0.5, 0.6) is 0 Å². The van der Waals surface area contributed by atoms with Gasteiger partial charge in [-0.1, -0.05) is 25.4 Å². The molecule has 0 saturated carbocycles. The van der Waals surface area contributed by atoms with Crippen LogP contribution in [0, 0.1) is 12.8 Å².